The van der Waals surface area contributed by atoms with Crippen LogP contribution in [-0.2, 0) is 0 Å². The number of benzene rings is 1. The first-order chi connectivity index (χ1) is 9.27. The molecule has 0 aromatic heterocycles. The molecular weight excluding hydrogens is 236 g/mol. The molecule has 1 aliphatic heterocycles. The van der Waals surface area contributed by atoms with Crippen LogP contribution in [0.5, 0.6) is 0 Å². The average Bonchev–Trinajstić information content (AvgIpc) is 2.45. The lowest BCUT2D eigenvalue weighted by Gasteiger charge is -2.33. The molecule has 0 saturated carbocycles. The molecular formula is C16H20N2O. The normalized spacial score (nSPS) is 18.4. The van der Waals surface area contributed by atoms with Crippen LogP contribution in [0.25, 0.3) is 0 Å². The van der Waals surface area contributed by atoms with Crippen molar-refractivity contribution in [3.63, 3.8) is 0 Å². The number of nitrogens with one attached hydrogen (secondary N) is 1. The van der Waals surface area contributed by atoms with Gasteiger partial charge in [-0.1, -0.05) is 30.0 Å². The lowest BCUT2D eigenvalue weighted by Crippen LogP contribution is -2.47. The zero-order valence-electron chi connectivity index (χ0n) is 11.4. The van der Waals surface area contributed by atoms with Crippen LogP contribution < -0.4 is 5.32 Å². The monoisotopic (exact) mass is 256 g/mol. The van der Waals surface area contributed by atoms with E-state index in [1.54, 1.807) is 0 Å². The average molecular weight is 256 g/mol. The van der Waals surface area contributed by atoms with E-state index >= 15 is 0 Å². The van der Waals surface area contributed by atoms with Gasteiger partial charge >= 0.3 is 6.03 Å². The lowest BCUT2D eigenvalue weighted by molar-refractivity contribution is 0.159. The fourth-order valence-corrected chi connectivity index (χ4v) is 2.29. The van der Waals surface area contributed by atoms with Crippen molar-refractivity contribution in [2.24, 2.45) is 0 Å². The first kappa shape index (κ1) is 13.5. The van der Waals surface area contributed by atoms with E-state index in [1.807, 2.05) is 35.2 Å². The van der Waals surface area contributed by atoms with E-state index < -0.39 is 0 Å². The second-order valence-electron chi connectivity index (χ2n) is 4.86. The molecule has 100 valence electrons. The lowest BCUT2D eigenvalue weighted by atomic mass is 10.0. The summed E-state index contributed by atoms with van der Waals surface area (Å²) < 4.78 is 0. The molecule has 1 aliphatic rings. The molecule has 0 radical (unpaired) electrons. The number of urea groups is 1. The Hall–Kier alpha value is -1.95. The van der Waals surface area contributed by atoms with Gasteiger partial charge in [-0.15, -0.1) is 0 Å². The fraction of sp³-hybridized carbons (Fsp3) is 0.438. The number of amides is 2. The molecule has 0 aliphatic carbocycles. The third kappa shape index (κ3) is 4.03. The predicted octanol–water partition coefficient (Wildman–Crippen LogP) is 2.62. The molecule has 19 heavy (non-hydrogen) atoms. The number of hydrogen-bond donors (Lipinski definition) is 1. The molecule has 1 unspecified atom stereocenters. The Bertz CT molecular complexity index is 473. The Kier molecular flexibility index (Phi) is 4.85. The number of hydrogen-bond acceptors (Lipinski definition) is 1. The predicted molar refractivity (Wildman–Crippen MR) is 76.7 cm³/mol. The van der Waals surface area contributed by atoms with Crippen molar-refractivity contribution in [3.05, 3.63) is 35.9 Å². The standard InChI is InChI=1S/C16H20N2O/c1-14-8-5-6-13-18(14)16(19)17-12-7-11-15-9-3-2-4-10-15/h2-4,9-10,14H,5-6,8,12-13H2,1H3,(H,17,19). The van der Waals surface area contributed by atoms with Crippen molar-refractivity contribution in [2.45, 2.75) is 32.2 Å². The molecule has 3 nitrogen and oxygen atoms in total. The van der Waals surface area contributed by atoms with Gasteiger partial charge in [0, 0.05) is 18.2 Å². The SMILES string of the molecule is CC1CCCCN1C(=O)NCC#Cc1ccccc1. The van der Waals surface area contributed by atoms with Gasteiger partial charge in [-0.25, -0.2) is 4.79 Å². The van der Waals surface area contributed by atoms with Crippen LogP contribution in [0, 0.1) is 11.8 Å². The Labute approximate surface area is 115 Å². The van der Waals surface area contributed by atoms with Crippen molar-refractivity contribution >= 4 is 6.03 Å². The molecule has 0 bridgehead atoms. The van der Waals surface area contributed by atoms with Crippen LogP contribution in [0.15, 0.2) is 30.3 Å². The van der Waals surface area contributed by atoms with Gasteiger partial charge in [-0.2, -0.15) is 0 Å². The first-order valence-electron chi connectivity index (χ1n) is 6.86. The Morgan fingerprint density at radius 1 is 1.37 bits per heavy atom. The van der Waals surface area contributed by atoms with E-state index in [0.29, 0.717) is 12.6 Å². The van der Waals surface area contributed by atoms with Gasteiger partial charge in [-0.3, -0.25) is 0 Å². The highest BCUT2D eigenvalue weighted by molar-refractivity contribution is 5.74. The fourth-order valence-electron chi connectivity index (χ4n) is 2.29. The van der Waals surface area contributed by atoms with E-state index in [0.717, 1.165) is 24.9 Å². The van der Waals surface area contributed by atoms with E-state index in [2.05, 4.69) is 24.1 Å². The van der Waals surface area contributed by atoms with E-state index in [-0.39, 0.29) is 6.03 Å². The molecule has 1 fully saturated rings. The summed E-state index contributed by atoms with van der Waals surface area (Å²) in [7, 11) is 0. The molecule has 2 rings (SSSR count). The third-order valence-electron chi connectivity index (χ3n) is 3.40. The molecule has 1 aromatic rings. The molecule has 0 spiro atoms. The van der Waals surface area contributed by atoms with Gasteiger partial charge in [0.1, 0.15) is 0 Å². The van der Waals surface area contributed by atoms with Gasteiger partial charge in [0.05, 0.1) is 6.54 Å². The van der Waals surface area contributed by atoms with Gasteiger partial charge in [-0.05, 0) is 38.3 Å². The quantitative estimate of drug-likeness (QED) is 0.770. The van der Waals surface area contributed by atoms with Crippen molar-refractivity contribution in [1.82, 2.24) is 10.2 Å². The van der Waals surface area contributed by atoms with Crippen LogP contribution in [0.2, 0.25) is 0 Å². The Morgan fingerprint density at radius 2 is 2.16 bits per heavy atom. The van der Waals surface area contributed by atoms with E-state index in [4.69, 9.17) is 0 Å². The number of likely N-dealkylation sites (tertiary alicyclic amines) is 1. The Morgan fingerprint density at radius 3 is 2.89 bits per heavy atom. The van der Waals surface area contributed by atoms with Crippen LogP contribution in [0.3, 0.4) is 0 Å². The number of piperidine rings is 1. The number of carbonyl (C=O) groups excluding carboxylic acids is 1. The molecule has 1 N–H and O–H groups in total. The highest BCUT2D eigenvalue weighted by atomic mass is 16.2. The van der Waals surface area contributed by atoms with Gasteiger partial charge < -0.3 is 10.2 Å². The highest BCUT2D eigenvalue weighted by Gasteiger charge is 2.22. The Balaban J connectivity index is 1.79. The van der Waals surface area contributed by atoms with Crippen LogP contribution in [-0.4, -0.2) is 30.1 Å². The van der Waals surface area contributed by atoms with Crippen LogP contribution >= 0.6 is 0 Å². The van der Waals surface area contributed by atoms with Crippen molar-refractivity contribution in [3.8, 4) is 11.8 Å². The van der Waals surface area contributed by atoms with Gasteiger partial charge in [0.2, 0.25) is 0 Å². The second kappa shape index (κ2) is 6.84. The maximum Gasteiger partial charge on any atom is 0.318 e. The maximum atomic E-state index is 12.0. The molecule has 3 heteroatoms. The van der Waals surface area contributed by atoms with E-state index in [9.17, 15) is 4.79 Å². The minimum atomic E-state index is 0.00885. The summed E-state index contributed by atoms with van der Waals surface area (Å²) in [5.74, 6) is 6.01. The zero-order valence-corrected chi connectivity index (χ0v) is 11.4. The van der Waals surface area contributed by atoms with Gasteiger partial charge in [0.25, 0.3) is 0 Å². The molecule has 1 aromatic carbocycles. The minimum Gasteiger partial charge on any atom is -0.327 e. The second-order valence-corrected chi connectivity index (χ2v) is 4.86. The van der Waals surface area contributed by atoms with Crippen molar-refractivity contribution in [1.29, 1.82) is 0 Å². The first-order valence-corrected chi connectivity index (χ1v) is 6.86. The van der Waals surface area contributed by atoms with Crippen molar-refractivity contribution < 1.29 is 4.79 Å². The zero-order chi connectivity index (χ0) is 13.5. The summed E-state index contributed by atoms with van der Waals surface area (Å²) in [5, 5.41) is 2.87. The topological polar surface area (TPSA) is 32.3 Å². The highest BCUT2D eigenvalue weighted by Crippen LogP contribution is 2.15. The van der Waals surface area contributed by atoms with Crippen LogP contribution in [0.4, 0.5) is 4.79 Å². The number of carbonyl (C=O) groups is 1. The molecule has 1 atom stereocenters. The molecule has 2 amide bonds. The van der Waals surface area contributed by atoms with Crippen molar-refractivity contribution in [2.75, 3.05) is 13.1 Å². The summed E-state index contributed by atoms with van der Waals surface area (Å²) in [6.07, 6.45) is 3.43. The molecule has 1 heterocycles. The summed E-state index contributed by atoms with van der Waals surface area (Å²) in [5.41, 5.74) is 0.975. The summed E-state index contributed by atoms with van der Waals surface area (Å²) in [4.78, 5) is 13.9. The van der Waals surface area contributed by atoms with E-state index in [1.165, 1.54) is 6.42 Å². The largest absolute Gasteiger partial charge is 0.327 e. The molecule has 1 saturated heterocycles. The number of nitrogens with zero attached hydrogens (tertiary/aromatic N) is 1. The number of rotatable bonds is 1. The van der Waals surface area contributed by atoms with Gasteiger partial charge in [0.15, 0.2) is 0 Å². The summed E-state index contributed by atoms with van der Waals surface area (Å²) in [6.45, 7) is 3.37. The smallest absolute Gasteiger partial charge is 0.318 e. The minimum absolute atomic E-state index is 0.00885. The maximum absolute atomic E-state index is 12.0. The summed E-state index contributed by atoms with van der Waals surface area (Å²) >= 11 is 0. The third-order valence-corrected chi connectivity index (χ3v) is 3.40. The summed E-state index contributed by atoms with van der Waals surface area (Å²) in [6, 6.07) is 10.1. The van der Waals surface area contributed by atoms with Crippen LogP contribution in [0.1, 0.15) is 31.7 Å².